The van der Waals surface area contributed by atoms with Gasteiger partial charge < -0.3 is 9.88 Å². The van der Waals surface area contributed by atoms with E-state index in [4.69, 9.17) is 0 Å². The van der Waals surface area contributed by atoms with Crippen molar-refractivity contribution in [3.05, 3.63) is 11.6 Å². The van der Waals surface area contributed by atoms with E-state index in [0.717, 1.165) is 31.2 Å². The molecule has 1 aromatic rings. The molecule has 6 heteroatoms. The molecule has 1 aliphatic heterocycles. The van der Waals surface area contributed by atoms with Gasteiger partial charge in [0.1, 0.15) is 11.6 Å². The summed E-state index contributed by atoms with van der Waals surface area (Å²) in [4.78, 5) is 13.9. The number of hydrogen-bond acceptors (Lipinski definition) is 4. The van der Waals surface area contributed by atoms with Gasteiger partial charge in [-0.25, -0.2) is 0 Å². The van der Waals surface area contributed by atoms with Crippen LogP contribution in [0, 0.1) is 0 Å². The number of rotatable bonds is 3. The number of hydrogen-bond donors (Lipinski definition) is 1. The van der Waals surface area contributed by atoms with Gasteiger partial charge in [-0.1, -0.05) is 6.92 Å². The largest absolute Gasteiger partial charge is 0.355 e. The number of nitrogens with zero attached hydrogens (tertiary/aromatic N) is 4. The summed E-state index contributed by atoms with van der Waals surface area (Å²) in [6, 6.07) is 0. The van der Waals surface area contributed by atoms with Crippen LogP contribution in [0.4, 0.5) is 0 Å². The zero-order valence-electron chi connectivity index (χ0n) is 12.2. The Labute approximate surface area is 114 Å². The van der Waals surface area contributed by atoms with Crippen LogP contribution in [0.5, 0.6) is 0 Å². The zero-order chi connectivity index (χ0) is 14.0. The first-order chi connectivity index (χ1) is 8.94. The van der Waals surface area contributed by atoms with Crippen LogP contribution in [-0.4, -0.2) is 44.2 Å². The predicted octanol–water partition coefficient (Wildman–Crippen LogP) is 0.478. The fourth-order valence-electron chi connectivity index (χ4n) is 2.51. The van der Waals surface area contributed by atoms with Gasteiger partial charge in [0, 0.05) is 38.5 Å². The second kappa shape index (κ2) is 5.28. The van der Waals surface area contributed by atoms with Gasteiger partial charge in [0.15, 0.2) is 0 Å². The second-order valence-corrected chi connectivity index (χ2v) is 5.71. The Bertz CT molecular complexity index is 466. The SMILES string of the molecule is CCc1nnc(CN2CCNC(=O)CC2(C)C)n1C. The van der Waals surface area contributed by atoms with E-state index in [0.29, 0.717) is 13.0 Å². The van der Waals surface area contributed by atoms with Crippen molar-refractivity contribution in [1.82, 2.24) is 25.0 Å². The normalized spacial score (nSPS) is 20.1. The summed E-state index contributed by atoms with van der Waals surface area (Å²) < 4.78 is 2.05. The summed E-state index contributed by atoms with van der Waals surface area (Å²) in [5, 5.41) is 11.4. The molecular weight excluding hydrogens is 242 g/mol. The molecule has 0 bridgehead atoms. The van der Waals surface area contributed by atoms with Crippen molar-refractivity contribution in [2.24, 2.45) is 7.05 Å². The van der Waals surface area contributed by atoms with Crippen LogP contribution >= 0.6 is 0 Å². The van der Waals surface area contributed by atoms with Gasteiger partial charge in [0.05, 0.1) is 6.54 Å². The minimum atomic E-state index is -0.154. The molecule has 0 radical (unpaired) electrons. The molecule has 0 atom stereocenters. The lowest BCUT2D eigenvalue weighted by Crippen LogP contribution is -2.44. The molecule has 0 aromatic carbocycles. The van der Waals surface area contributed by atoms with Crippen LogP contribution in [0.2, 0.25) is 0 Å². The number of aryl methyl sites for hydroxylation is 1. The Balaban J connectivity index is 2.16. The molecule has 19 heavy (non-hydrogen) atoms. The van der Waals surface area contributed by atoms with Crippen molar-refractivity contribution in [2.45, 2.75) is 45.7 Å². The molecule has 0 saturated carbocycles. The van der Waals surface area contributed by atoms with Crippen molar-refractivity contribution in [3.8, 4) is 0 Å². The third kappa shape index (κ3) is 2.94. The molecule has 1 saturated heterocycles. The fourth-order valence-corrected chi connectivity index (χ4v) is 2.51. The van der Waals surface area contributed by atoms with Crippen molar-refractivity contribution in [1.29, 1.82) is 0 Å². The van der Waals surface area contributed by atoms with Gasteiger partial charge in [-0.3, -0.25) is 9.69 Å². The van der Waals surface area contributed by atoms with Crippen LogP contribution in [-0.2, 0) is 24.8 Å². The highest BCUT2D eigenvalue weighted by atomic mass is 16.1. The lowest BCUT2D eigenvalue weighted by Gasteiger charge is -2.35. The number of nitrogens with one attached hydrogen (secondary N) is 1. The maximum absolute atomic E-state index is 11.6. The summed E-state index contributed by atoms with van der Waals surface area (Å²) >= 11 is 0. The summed E-state index contributed by atoms with van der Waals surface area (Å²) in [6.45, 7) is 8.55. The molecule has 1 aromatic heterocycles. The van der Waals surface area contributed by atoms with E-state index < -0.39 is 0 Å². The standard InChI is InChI=1S/C13H23N5O/c1-5-10-15-16-11(17(10)4)9-18-7-6-14-12(19)8-13(18,2)3/h5-9H2,1-4H3,(H,14,19). The van der Waals surface area contributed by atoms with E-state index in [1.807, 2.05) is 7.05 Å². The Morgan fingerprint density at radius 2 is 2.00 bits per heavy atom. The number of amides is 1. The maximum Gasteiger partial charge on any atom is 0.221 e. The maximum atomic E-state index is 11.6. The molecule has 2 rings (SSSR count). The molecule has 1 N–H and O–H groups in total. The molecule has 0 unspecified atom stereocenters. The molecule has 0 aliphatic carbocycles. The minimum Gasteiger partial charge on any atom is -0.355 e. The fraction of sp³-hybridized carbons (Fsp3) is 0.769. The van der Waals surface area contributed by atoms with Crippen molar-refractivity contribution < 1.29 is 4.79 Å². The molecular formula is C13H23N5O. The van der Waals surface area contributed by atoms with Gasteiger partial charge in [0.25, 0.3) is 0 Å². The van der Waals surface area contributed by atoms with Crippen LogP contribution < -0.4 is 5.32 Å². The average Bonchev–Trinajstić information content (AvgIpc) is 2.61. The molecule has 1 aliphatic rings. The van der Waals surface area contributed by atoms with E-state index >= 15 is 0 Å². The van der Waals surface area contributed by atoms with Crippen LogP contribution in [0.25, 0.3) is 0 Å². The average molecular weight is 265 g/mol. The predicted molar refractivity (Wildman–Crippen MR) is 72.5 cm³/mol. The van der Waals surface area contributed by atoms with Crippen molar-refractivity contribution in [3.63, 3.8) is 0 Å². The topological polar surface area (TPSA) is 63.1 Å². The first-order valence-corrected chi connectivity index (χ1v) is 6.83. The van der Waals surface area contributed by atoms with Crippen LogP contribution in [0.3, 0.4) is 0 Å². The van der Waals surface area contributed by atoms with Gasteiger partial charge in [-0.15, -0.1) is 10.2 Å². The minimum absolute atomic E-state index is 0.125. The van der Waals surface area contributed by atoms with E-state index in [-0.39, 0.29) is 11.4 Å². The Kier molecular flexibility index (Phi) is 3.89. The van der Waals surface area contributed by atoms with E-state index in [1.165, 1.54) is 0 Å². The molecule has 1 amide bonds. The quantitative estimate of drug-likeness (QED) is 0.863. The highest BCUT2D eigenvalue weighted by Gasteiger charge is 2.32. The van der Waals surface area contributed by atoms with Crippen molar-refractivity contribution >= 4 is 5.91 Å². The summed E-state index contributed by atoms with van der Waals surface area (Å²) in [6.07, 6.45) is 1.40. The Morgan fingerprint density at radius 3 is 2.63 bits per heavy atom. The number of carbonyl (C=O) groups excluding carboxylic acids is 1. The molecule has 1 fully saturated rings. The monoisotopic (exact) mass is 265 g/mol. The highest BCUT2D eigenvalue weighted by molar-refractivity contribution is 5.77. The molecule has 106 valence electrons. The Morgan fingerprint density at radius 1 is 1.32 bits per heavy atom. The number of carbonyl (C=O) groups is 1. The first kappa shape index (κ1) is 14.0. The van der Waals surface area contributed by atoms with E-state index in [9.17, 15) is 4.79 Å². The van der Waals surface area contributed by atoms with Gasteiger partial charge >= 0.3 is 0 Å². The first-order valence-electron chi connectivity index (χ1n) is 6.83. The highest BCUT2D eigenvalue weighted by Crippen LogP contribution is 2.22. The summed E-state index contributed by atoms with van der Waals surface area (Å²) in [5.74, 6) is 2.08. The van der Waals surface area contributed by atoms with Gasteiger partial charge in [-0.05, 0) is 13.8 Å². The molecule has 6 nitrogen and oxygen atoms in total. The van der Waals surface area contributed by atoms with Crippen molar-refractivity contribution in [2.75, 3.05) is 13.1 Å². The lowest BCUT2D eigenvalue weighted by atomic mass is 9.98. The number of aromatic nitrogens is 3. The summed E-state index contributed by atoms with van der Waals surface area (Å²) in [5.41, 5.74) is -0.154. The van der Waals surface area contributed by atoms with E-state index in [1.54, 1.807) is 0 Å². The van der Waals surface area contributed by atoms with Gasteiger partial charge in [0.2, 0.25) is 5.91 Å². The summed E-state index contributed by atoms with van der Waals surface area (Å²) in [7, 11) is 2.00. The third-order valence-electron chi connectivity index (χ3n) is 3.86. The molecule has 0 spiro atoms. The lowest BCUT2D eigenvalue weighted by molar-refractivity contribution is -0.122. The van der Waals surface area contributed by atoms with Gasteiger partial charge in [-0.2, -0.15) is 0 Å². The Hall–Kier alpha value is -1.43. The van der Waals surface area contributed by atoms with Crippen LogP contribution in [0.15, 0.2) is 0 Å². The van der Waals surface area contributed by atoms with E-state index in [2.05, 4.69) is 45.8 Å². The third-order valence-corrected chi connectivity index (χ3v) is 3.86. The molecule has 2 heterocycles. The smallest absolute Gasteiger partial charge is 0.221 e. The van der Waals surface area contributed by atoms with Crippen LogP contribution in [0.1, 0.15) is 38.8 Å². The second-order valence-electron chi connectivity index (χ2n) is 5.71. The zero-order valence-corrected chi connectivity index (χ0v) is 12.2.